The second-order valence-corrected chi connectivity index (χ2v) is 6.00. The van der Waals surface area contributed by atoms with Crippen molar-refractivity contribution in [2.45, 2.75) is 6.42 Å². The molecular weight excluding hydrogens is 290 g/mol. The quantitative estimate of drug-likeness (QED) is 0.737. The molecule has 6 heteroatoms. The molecule has 0 bridgehead atoms. The molecule has 6 nitrogen and oxygen atoms in total. The van der Waals surface area contributed by atoms with Crippen molar-refractivity contribution in [2.75, 3.05) is 37.6 Å². The Bertz CT molecular complexity index is 752. The van der Waals surface area contributed by atoms with Crippen LogP contribution in [0.2, 0.25) is 0 Å². The number of aryl methyl sites for hydroxylation is 1. The van der Waals surface area contributed by atoms with E-state index in [0.29, 0.717) is 0 Å². The minimum absolute atomic E-state index is 0.745. The molecule has 3 heterocycles. The molecule has 120 valence electrons. The Morgan fingerprint density at radius 3 is 2.70 bits per heavy atom. The predicted octanol–water partition coefficient (Wildman–Crippen LogP) is 1.93. The summed E-state index contributed by atoms with van der Waals surface area (Å²) in [5.74, 6) is 1.14. The Hall–Kier alpha value is -2.34. The van der Waals surface area contributed by atoms with E-state index in [1.807, 2.05) is 43.7 Å². The van der Waals surface area contributed by atoms with Gasteiger partial charge in [-0.3, -0.25) is 4.90 Å². The molecule has 0 amide bonds. The minimum atomic E-state index is 0.745. The first-order valence-electron chi connectivity index (χ1n) is 8.09. The summed E-state index contributed by atoms with van der Waals surface area (Å²) in [6.07, 6.45) is 4.85. The van der Waals surface area contributed by atoms with E-state index in [1.165, 1.54) is 0 Å². The second-order valence-electron chi connectivity index (χ2n) is 6.00. The Kier molecular flexibility index (Phi) is 3.75. The molecule has 4 rings (SSSR count). The molecule has 0 atom stereocenters. The third-order valence-electron chi connectivity index (χ3n) is 4.50. The number of piperazine rings is 1. The number of para-hydroxylation sites is 2. The molecule has 0 aliphatic carbocycles. The number of rotatable bonds is 4. The fourth-order valence-electron chi connectivity index (χ4n) is 3.05. The topological polar surface area (TPSA) is 50.3 Å². The Balaban J connectivity index is 1.34. The van der Waals surface area contributed by atoms with Gasteiger partial charge in [0.05, 0.1) is 0 Å². The van der Waals surface area contributed by atoms with Gasteiger partial charge in [-0.05, 0) is 12.1 Å². The van der Waals surface area contributed by atoms with Crippen molar-refractivity contribution < 1.29 is 4.42 Å². The number of anilines is 1. The van der Waals surface area contributed by atoms with Gasteiger partial charge in [0, 0.05) is 58.6 Å². The van der Waals surface area contributed by atoms with E-state index in [2.05, 4.69) is 24.3 Å². The second kappa shape index (κ2) is 6.04. The first kappa shape index (κ1) is 14.3. The molecule has 23 heavy (non-hydrogen) atoms. The standard InChI is InChI=1S/C17H21N5O/c1-20-9-7-18-16(20)6-8-21-10-12-22(13-11-21)17-19-14-4-2-3-5-15(14)23-17/h2-5,7,9H,6,8,10-13H2,1H3. The molecule has 1 aliphatic rings. The molecule has 0 spiro atoms. The van der Waals surface area contributed by atoms with E-state index in [-0.39, 0.29) is 0 Å². The average molecular weight is 311 g/mol. The summed E-state index contributed by atoms with van der Waals surface area (Å²) in [4.78, 5) is 13.7. The zero-order valence-electron chi connectivity index (χ0n) is 13.4. The van der Waals surface area contributed by atoms with Gasteiger partial charge in [0.2, 0.25) is 0 Å². The highest BCUT2D eigenvalue weighted by Gasteiger charge is 2.21. The summed E-state index contributed by atoms with van der Waals surface area (Å²) in [5, 5.41) is 0. The van der Waals surface area contributed by atoms with Crippen LogP contribution in [-0.2, 0) is 13.5 Å². The van der Waals surface area contributed by atoms with E-state index in [0.717, 1.165) is 62.1 Å². The molecule has 1 fully saturated rings. The van der Waals surface area contributed by atoms with Crippen LogP contribution >= 0.6 is 0 Å². The molecule has 1 saturated heterocycles. The predicted molar refractivity (Wildman–Crippen MR) is 89.6 cm³/mol. The summed E-state index contributed by atoms with van der Waals surface area (Å²) in [7, 11) is 2.05. The molecule has 0 unspecified atom stereocenters. The molecule has 0 radical (unpaired) electrons. The van der Waals surface area contributed by atoms with Gasteiger partial charge < -0.3 is 13.9 Å². The van der Waals surface area contributed by atoms with Gasteiger partial charge in [0.1, 0.15) is 11.3 Å². The number of nitrogens with zero attached hydrogens (tertiary/aromatic N) is 5. The Morgan fingerprint density at radius 2 is 1.96 bits per heavy atom. The number of imidazole rings is 1. The van der Waals surface area contributed by atoms with Gasteiger partial charge in [-0.1, -0.05) is 12.1 Å². The molecule has 2 aromatic heterocycles. The zero-order chi connectivity index (χ0) is 15.6. The number of hydrogen-bond donors (Lipinski definition) is 0. The lowest BCUT2D eigenvalue weighted by molar-refractivity contribution is 0.254. The molecule has 0 saturated carbocycles. The summed E-state index contributed by atoms with van der Waals surface area (Å²) in [6, 6.07) is 8.67. The summed E-state index contributed by atoms with van der Waals surface area (Å²) in [5.41, 5.74) is 1.79. The number of oxazole rings is 1. The third kappa shape index (κ3) is 2.94. The maximum atomic E-state index is 5.86. The van der Waals surface area contributed by atoms with E-state index >= 15 is 0 Å². The van der Waals surface area contributed by atoms with Gasteiger partial charge in [-0.15, -0.1) is 0 Å². The fourth-order valence-corrected chi connectivity index (χ4v) is 3.05. The van der Waals surface area contributed by atoms with Crippen molar-refractivity contribution >= 4 is 17.1 Å². The van der Waals surface area contributed by atoms with Gasteiger partial charge in [0.25, 0.3) is 6.01 Å². The van der Waals surface area contributed by atoms with Gasteiger partial charge in [-0.2, -0.15) is 4.98 Å². The number of benzene rings is 1. The van der Waals surface area contributed by atoms with E-state index < -0.39 is 0 Å². The van der Waals surface area contributed by atoms with Crippen molar-refractivity contribution in [3.05, 3.63) is 42.5 Å². The van der Waals surface area contributed by atoms with Crippen molar-refractivity contribution in [3.8, 4) is 0 Å². The fraction of sp³-hybridized carbons (Fsp3) is 0.412. The SMILES string of the molecule is Cn1ccnc1CCN1CCN(c2nc3ccccc3o2)CC1. The van der Waals surface area contributed by atoms with Crippen LogP contribution in [0.25, 0.3) is 11.1 Å². The maximum absolute atomic E-state index is 5.86. The van der Waals surface area contributed by atoms with Crippen LogP contribution in [0.3, 0.4) is 0 Å². The van der Waals surface area contributed by atoms with Crippen LogP contribution in [0.5, 0.6) is 0 Å². The summed E-state index contributed by atoms with van der Waals surface area (Å²) < 4.78 is 7.95. The third-order valence-corrected chi connectivity index (χ3v) is 4.50. The van der Waals surface area contributed by atoms with Crippen molar-refractivity contribution in [2.24, 2.45) is 7.05 Å². The van der Waals surface area contributed by atoms with Crippen molar-refractivity contribution in [3.63, 3.8) is 0 Å². The van der Waals surface area contributed by atoms with E-state index in [9.17, 15) is 0 Å². The summed E-state index contributed by atoms with van der Waals surface area (Å²) >= 11 is 0. The highest BCUT2D eigenvalue weighted by atomic mass is 16.4. The lowest BCUT2D eigenvalue weighted by Gasteiger charge is -2.33. The maximum Gasteiger partial charge on any atom is 0.298 e. The monoisotopic (exact) mass is 311 g/mol. The van der Waals surface area contributed by atoms with Crippen LogP contribution < -0.4 is 4.90 Å². The highest BCUT2D eigenvalue weighted by molar-refractivity contribution is 5.74. The first-order valence-corrected chi connectivity index (χ1v) is 8.09. The number of aromatic nitrogens is 3. The largest absolute Gasteiger partial charge is 0.423 e. The van der Waals surface area contributed by atoms with Crippen molar-refractivity contribution in [1.29, 1.82) is 0 Å². The van der Waals surface area contributed by atoms with Crippen LogP contribution in [0.15, 0.2) is 41.1 Å². The van der Waals surface area contributed by atoms with E-state index in [1.54, 1.807) is 0 Å². The van der Waals surface area contributed by atoms with Crippen LogP contribution in [-0.4, -0.2) is 52.2 Å². The first-order chi connectivity index (χ1) is 11.3. The van der Waals surface area contributed by atoms with Crippen LogP contribution in [0, 0.1) is 0 Å². The Labute approximate surface area is 135 Å². The lowest BCUT2D eigenvalue weighted by Crippen LogP contribution is -2.47. The normalized spacial score (nSPS) is 16.3. The highest BCUT2D eigenvalue weighted by Crippen LogP contribution is 2.22. The van der Waals surface area contributed by atoms with Crippen LogP contribution in [0.4, 0.5) is 6.01 Å². The van der Waals surface area contributed by atoms with Crippen LogP contribution in [0.1, 0.15) is 5.82 Å². The van der Waals surface area contributed by atoms with Gasteiger partial charge >= 0.3 is 0 Å². The van der Waals surface area contributed by atoms with E-state index in [4.69, 9.17) is 4.42 Å². The molecular formula is C17H21N5O. The van der Waals surface area contributed by atoms with Gasteiger partial charge in [-0.25, -0.2) is 4.98 Å². The minimum Gasteiger partial charge on any atom is -0.423 e. The molecule has 1 aromatic carbocycles. The molecule has 0 N–H and O–H groups in total. The number of hydrogen-bond acceptors (Lipinski definition) is 5. The molecule has 3 aromatic rings. The van der Waals surface area contributed by atoms with Gasteiger partial charge in [0.15, 0.2) is 5.58 Å². The Morgan fingerprint density at radius 1 is 1.13 bits per heavy atom. The zero-order valence-corrected chi connectivity index (χ0v) is 13.4. The lowest BCUT2D eigenvalue weighted by atomic mass is 10.3. The number of fused-ring (bicyclic) bond motifs is 1. The van der Waals surface area contributed by atoms with Crippen molar-refractivity contribution in [1.82, 2.24) is 19.4 Å². The summed E-state index contributed by atoms with van der Waals surface area (Å²) in [6.45, 7) is 5.01. The average Bonchev–Trinajstić information content (AvgIpc) is 3.19. The molecule has 1 aliphatic heterocycles. The smallest absolute Gasteiger partial charge is 0.298 e.